The van der Waals surface area contributed by atoms with Crippen LogP contribution in [0.3, 0.4) is 0 Å². The number of fused-ring (bicyclic) bond motifs is 1. The van der Waals surface area contributed by atoms with E-state index < -0.39 is 27.9 Å². The van der Waals surface area contributed by atoms with Crippen LogP contribution in [-0.4, -0.2) is 14.7 Å². The fourth-order valence-corrected chi connectivity index (χ4v) is 3.08. The highest BCUT2D eigenvalue weighted by Crippen LogP contribution is 2.25. The van der Waals surface area contributed by atoms with Crippen LogP contribution in [-0.2, 0) is 16.9 Å². The molecule has 0 radical (unpaired) electrons. The lowest BCUT2D eigenvalue weighted by Crippen LogP contribution is -3.05. The molecule has 8 heteroatoms. The van der Waals surface area contributed by atoms with E-state index in [0.717, 1.165) is 12.1 Å². The minimum absolute atomic E-state index is 0.0947. The molecule has 2 unspecified atom stereocenters. The number of quaternary nitrogens is 1. The van der Waals surface area contributed by atoms with Crippen LogP contribution < -0.4 is 5.06 Å². The first-order chi connectivity index (χ1) is 10.1. The zero-order valence-electron chi connectivity index (χ0n) is 10.5. The average molecular weight is 309 g/mol. The summed E-state index contributed by atoms with van der Waals surface area (Å²) in [6.07, 6.45) is 2.86. The number of halogens is 2. The molecule has 21 heavy (non-hydrogen) atoms. The van der Waals surface area contributed by atoms with E-state index >= 15 is 0 Å². The summed E-state index contributed by atoms with van der Waals surface area (Å²) in [4.78, 5) is 7.85. The Bertz CT molecular complexity index is 726. The second kappa shape index (κ2) is 5.49. The zero-order valence-corrected chi connectivity index (χ0v) is 11.4. The van der Waals surface area contributed by atoms with E-state index in [9.17, 15) is 18.5 Å². The Morgan fingerprint density at radius 3 is 2.71 bits per heavy atom. The molecule has 5 nitrogen and oxygen atoms in total. The summed E-state index contributed by atoms with van der Waals surface area (Å²) in [5, 5.41) is 11.5. The minimum atomic E-state index is -1.73. The van der Waals surface area contributed by atoms with Crippen LogP contribution in [0.1, 0.15) is 5.56 Å². The first-order valence-corrected chi connectivity index (χ1v) is 7.28. The van der Waals surface area contributed by atoms with Gasteiger partial charge in [0.25, 0.3) is 0 Å². The minimum Gasteiger partial charge on any atom is -0.619 e. The maximum Gasteiger partial charge on any atom is 0.415 e. The van der Waals surface area contributed by atoms with Gasteiger partial charge in [0.15, 0.2) is 23.0 Å². The maximum atomic E-state index is 13.1. The van der Waals surface area contributed by atoms with Crippen molar-refractivity contribution >= 4 is 27.7 Å². The number of nitrogens with one attached hydrogen (secondary N) is 1. The molecule has 0 bridgehead atoms. The number of aromatic nitrogens is 1. The van der Waals surface area contributed by atoms with Crippen molar-refractivity contribution in [2.45, 2.75) is 5.75 Å². The van der Waals surface area contributed by atoms with Gasteiger partial charge in [-0.05, 0) is 12.1 Å². The summed E-state index contributed by atoms with van der Waals surface area (Å²) >= 11 is -1.73. The van der Waals surface area contributed by atoms with Crippen molar-refractivity contribution in [2.75, 3.05) is 0 Å². The topological polar surface area (TPSA) is 75.8 Å². The summed E-state index contributed by atoms with van der Waals surface area (Å²) in [5.41, 5.74) is 1.05. The molecule has 1 N–H and O–H groups in total. The lowest BCUT2D eigenvalue weighted by Gasteiger charge is -2.17. The molecule has 0 fully saturated rings. The fraction of sp³-hybridized carbons (Fsp3) is 0.0769. The molecule has 0 amide bonds. The number of rotatable bonds is 2. The number of amidine groups is 1. The number of hydrogen-bond donors (Lipinski definition) is 1. The average Bonchev–Trinajstić information content (AvgIpc) is 2.81. The molecule has 0 saturated carbocycles. The van der Waals surface area contributed by atoms with Gasteiger partial charge in [-0.3, -0.25) is 4.98 Å². The van der Waals surface area contributed by atoms with Crippen LogP contribution in [0.2, 0.25) is 0 Å². The third-order valence-electron chi connectivity index (χ3n) is 2.96. The Kier molecular flexibility index (Phi) is 3.68. The molecule has 1 aromatic carbocycles. The van der Waals surface area contributed by atoms with Crippen molar-refractivity contribution < 1.29 is 18.4 Å². The number of hydrogen-bond acceptors (Lipinski definition) is 4. The number of benzene rings is 1. The third kappa shape index (κ3) is 2.66. The normalized spacial score (nSPS) is 18.3. The molecule has 2 heterocycles. The molecule has 2 atom stereocenters. The molecular formula is C13H9F2N3O2S. The smallest absolute Gasteiger partial charge is 0.415 e. The van der Waals surface area contributed by atoms with Gasteiger partial charge in [-0.25, -0.2) is 13.8 Å². The predicted molar refractivity (Wildman–Crippen MR) is 73.5 cm³/mol. The van der Waals surface area contributed by atoms with Gasteiger partial charge < -0.3 is 9.76 Å². The van der Waals surface area contributed by atoms with Crippen molar-refractivity contribution in [2.24, 2.45) is 4.99 Å². The Balaban J connectivity index is 1.81. The number of hydroxylamine groups is 1. The van der Waals surface area contributed by atoms with E-state index in [1.54, 1.807) is 0 Å². The van der Waals surface area contributed by atoms with Crippen molar-refractivity contribution in [1.29, 1.82) is 0 Å². The largest absolute Gasteiger partial charge is 0.619 e. The van der Waals surface area contributed by atoms with Crippen LogP contribution in [0.25, 0.3) is 0 Å². The van der Waals surface area contributed by atoms with Crippen LogP contribution >= 0.6 is 0 Å². The van der Waals surface area contributed by atoms with E-state index in [1.807, 2.05) is 0 Å². The van der Waals surface area contributed by atoms with E-state index in [1.165, 1.54) is 24.5 Å². The molecular weight excluding hydrogens is 300 g/mol. The molecule has 0 aliphatic carbocycles. The summed E-state index contributed by atoms with van der Waals surface area (Å²) in [6, 6.07) is 4.74. The van der Waals surface area contributed by atoms with Gasteiger partial charge in [-0.2, -0.15) is 0 Å². The van der Waals surface area contributed by atoms with Crippen molar-refractivity contribution in [3.63, 3.8) is 0 Å². The van der Waals surface area contributed by atoms with E-state index in [0.29, 0.717) is 16.9 Å². The summed E-state index contributed by atoms with van der Waals surface area (Å²) in [5.74, 6) is -2.10. The molecule has 1 aliphatic rings. The van der Waals surface area contributed by atoms with E-state index in [4.69, 9.17) is 0 Å². The number of pyridine rings is 1. The molecule has 0 saturated heterocycles. The van der Waals surface area contributed by atoms with Gasteiger partial charge >= 0.3 is 5.17 Å². The highest BCUT2D eigenvalue weighted by Gasteiger charge is 2.34. The van der Waals surface area contributed by atoms with Crippen LogP contribution in [0.15, 0.2) is 41.7 Å². The van der Waals surface area contributed by atoms with Crippen LogP contribution in [0.4, 0.5) is 20.2 Å². The third-order valence-corrected chi connectivity index (χ3v) is 4.26. The summed E-state index contributed by atoms with van der Waals surface area (Å²) < 4.78 is 38.2. The molecule has 0 spiro atoms. The van der Waals surface area contributed by atoms with Crippen molar-refractivity contribution in [3.05, 3.63) is 59.1 Å². The monoisotopic (exact) mass is 309 g/mol. The molecule has 2 aromatic rings. The van der Waals surface area contributed by atoms with Crippen molar-refractivity contribution in [1.82, 2.24) is 4.98 Å². The highest BCUT2D eigenvalue weighted by molar-refractivity contribution is 8.05. The van der Waals surface area contributed by atoms with Gasteiger partial charge in [-0.1, -0.05) is 6.07 Å². The molecule has 1 aromatic heterocycles. The van der Waals surface area contributed by atoms with E-state index in [-0.39, 0.29) is 10.9 Å². The van der Waals surface area contributed by atoms with Gasteiger partial charge in [0.2, 0.25) is 0 Å². The first kappa shape index (κ1) is 14.1. The Hall–Kier alpha value is -1.87. The van der Waals surface area contributed by atoms with Crippen LogP contribution in [0, 0.1) is 16.8 Å². The maximum absolute atomic E-state index is 13.1. The quantitative estimate of drug-likeness (QED) is 0.671. The van der Waals surface area contributed by atoms with Crippen molar-refractivity contribution in [3.8, 4) is 0 Å². The SMILES string of the molecule is [O-][NH+]1C([S+]([O-])Cc2ccc(F)c(F)c2)=Nc2cnccc21. The Labute approximate surface area is 121 Å². The summed E-state index contributed by atoms with van der Waals surface area (Å²) in [7, 11) is 0. The Morgan fingerprint density at radius 2 is 2.00 bits per heavy atom. The Morgan fingerprint density at radius 1 is 1.19 bits per heavy atom. The lowest BCUT2D eigenvalue weighted by atomic mass is 10.2. The predicted octanol–water partition coefficient (Wildman–Crippen LogP) is 1.32. The van der Waals surface area contributed by atoms with Gasteiger partial charge in [0.1, 0.15) is 5.75 Å². The summed E-state index contributed by atoms with van der Waals surface area (Å²) in [6.45, 7) is 0. The lowest BCUT2D eigenvalue weighted by molar-refractivity contribution is -0.659. The number of nitrogens with zero attached hydrogens (tertiary/aromatic N) is 2. The van der Waals surface area contributed by atoms with Gasteiger partial charge in [0.05, 0.1) is 17.4 Å². The zero-order chi connectivity index (χ0) is 15.0. The first-order valence-electron chi connectivity index (χ1n) is 5.96. The second-order valence-electron chi connectivity index (χ2n) is 4.38. The standard InChI is InChI=1S/C13H9F2N3O2S/c14-9-2-1-8(5-10(9)15)7-21(20)13-17-11-6-16-4-3-12(11)18(13)19/h1-6,18H,7H2. The molecule has 3 rings (SSSR count). The second-order valence-corrected chi connectivity index (χ2v) is 5.74. The van der Waals surface area contributed by atoms with E-state index in [2.05, 4.69) is 9.98 Å². The number of aliphatic imine (C=N–C) groups is 1. The highest BCUT2D eigenvalue weighted by atomic mass is 32.2. The fourth-order valence-electron chi connectivity index (χ4n) is 1.95. The molecule has 1 aliphatic heterocycles. The van der Waals surface area contributed by atoms with Gasteiger partial charge in [-0.15, -0.1) is 4.99 Å². The van der Waals surface area contributed by atoms with Crippen LogP contribution in [0.5, 0.6) is 0 Å². The molecule has 108 valence electrons. The van der Waals surface area contributed by atoms with Gasteiger partial charge in [0, 0.05) is 17.8 Å².